The van der Waals surface area contributed by atoms with Crippen LogP contribution in [0.5, 0.6) is 11.5 Å². The van der Waals surface area contributed by atoms with Crippen LogP contribution in [0.3, 0.4) is 0 Å². The Labute approximate surface area is 142 Å². The molecule has 0 radical (unpaired) electrons. The van der Waals surface area contributed by atoms with E-state index in [1.807, 2.05) is 44.2 Å². The van der Waals surface area contributed by atoms with E-state index in [9.17, 15) is 4.79 Å². The van der Waals surface area contributed by atoms with Gasteiger partial charge in [0.2, 0.25) is 0 Å². The zero-order valence-electron chi connectivity index (χ0n) is 14.0. The fourth-order valence-electron chi connectivity index (χ4n) is 2.78. The largest absolute Gasteiger partial charge is 0.494 e. The molecule has 126 valence electrons. The molecule has 2 aromatic rings. The lowest BCUT2D eigenvalue weighted by atomic mass is 10.1. The van der Waals surface area contributed by atoms with Crippen LogP contribution in [0.15, 0.2) is 36.4 Å². The van der Waals surface area contributed by atoms with Gasteiger partial charge in [0.25, 0.3) is 5.91 Å². The predicted molar refractivity (Wildman–Crippen MR) is 93.7 cm³/mol. The molecule has 0 aliphatic carbocycles. The van der Waals surface area contributed by atoms with Crippen molar-refractivity contribution in [3.63, 3.8) is 0 Å². The number of anilines is 1. The molecule has 24 heavy (non-hydrogen) atoms. The zero-order valence-corrected chi connectivity index (χ0v) is 14.0. The lowest BCUT2D eigenvalue weighted by molar-refractivity contribution is 0.102. The molecule has 0 saturated carbocycles. The van der Waals surface area contributed by atoms with Crippen molar-refractivity contribution in [2.75, 3.05) is 18.5 Å². The second-order valence-electron chi connectivity index (χ2n) is 5.57. The van der Waals surface area contributed by atoms with E-state index in [1.54, 1.807) is 6.07 Å². The first-order valence-electron chi connectivity index (χ1n) is 8.24. The molecule has 0 fully saturated rings. The molecule has 0 spiro atoms. The van der Waals surface area contributed by atoms with E-state index >= 15 is 0 Å². The highest BCUT2D eigenvalue weighted by Crippen LogP contribution is 2.30. The van der Waals surface area contributed by atoms with Crippen LogP contribution in [-0.4, -0.2) is 19.1 Å². The van der Waals surface area contributed by atoms with Gasteiger partial charge in [-0.25, -0.2) is 0 Å². The zero-order chi connectivity index (χ0) is 16.9. The predicted octanol–water partition coefficient (Wildman–Crippen LogP) is 3.34. The molecular weight excluding hydrogens is 304 g/mol. The van der Waals surface area contributed by atoms with Gasteiger partial charge in [-0.3, -0.25) is 4.79 Å². The highest BCUT2D eigenvalue weighted by atomic mass is 16.5. The van der Waals surface area contributed by atoms with Crippen molar-refractivity contribution in [1.29, 1.82) is 0 Å². The molecule has 2 N–H and O–H groups in total. The third-order valence-electron chi connectivity index (χ3n) is 3.91. The van der Waals surface area contributed by atoms with Crippen molar-refractivity contribution in [3.05, 3.63) is 53.1 Å². The molecule has 3 rings (SSSR count). The SMILES string of the molecule is CCOc1ccc(OCC)c(NC(=O)c2ccc3c(c2)CNC3)c1. The van der Waals surface area contributed by atoms with Gasteiger partial charge in [0.15, 0.2) is 0 Å². The fourth-order valence-corrected chi connectivity index (χ4v) is 2.78. The molecular formula is C19H22N2O3. The molecule has 0 bridgehead atoms. The van der Waals surface area contributed by atoms with Gasteiger partial charge in [-0.05, 0) is 49.2 Å². The lowest BCUT2D eigenvalue weighted by Crippen LogP contribution is -2.13. The Balaban J connectivity index is 1.83. The number of ether oxygens (including phenoxy) is 2. The number of carbonyl (C=O) groups excluding carboxylic acids is 1. The van der Waals surface area contributed by atoms with Gasteiger partial charge in [0.1, 0.15) is 11.5 Å². The van der Waals surface area contributed by atoms with Gasteiger partial charge in [0, 0.05) is 24.7 Å². The highest BCUT2D eigenvalue weighted by molar-refractivity contribution is 6.05. The Morgan fingerprint density at radius 2 is 1.83 bits per heavy atom. The number of amides is 1. The minimum atomic E-state index is -0.153. The molecule has 1 heterocycles. The van der Waals surface area contributed by atoms with Gasteiger partial charge in [-0.2, -0.15) is 0 Å². The van der Waals surface area contributed by atoms with Crippen LogP contribution < -0.4 is 20.1 Å². The lowest BCUT2D eigenvalue weighted by Gasteiger charge is -2.14. The molecule has 0 aromatic heterocycles. The summed E-state index contributed by atoms with van der Waals surface area (Å²) in [6, 6.07) is 11.2. The van der Waals surface area contributed by atoms with E-state index in [-0.39, 0.29) is 5.91 Å². The smallest absolute Gasteiger partial charge is 0.255 e. The maximum absolute atomic E-state index is 12.6. The van der Waals surface area contributed by atoms with Gasteiger partial charge in [-0.1, -0.05) is 6.07 Å². The summed E-state index contributed by atoms with van der Waals surface area (Å²) in [5.41, 5.74) is 3.68. The van der Waals surface area contributed by atoms with Crippen LogP contribution in [0, 0.1) is 0 Å². The van der Waals surface area contributed by atoms with E-state index in [0.717, 1.165) is 13.1 Å². The van der Waals surface area contributed by atoms with Gasteiger partial charge >= 0.3 is 0 Å². The third kappa shape index (κ3) is 3.51. The van der Waals surface area contributed by atoms with Crippen molar-refractivity contribution >= 4 is 11.6 Å². The molecule has 5 nitrogen and oxygen atoms in total. The monoisotopic (exact) mass is 326 g/mol. The molecule has 2 aromatic carbocycles. The number of hydrogen-bond acceptors (Lipinski definition) is 4. The highest BCUT2D eigenvalue weighted by Gasteiger charge is 2.15. The van der Waals surface area contributed by atoms with Crippen molar-refractivity contribution in [2.24, 2.45) is 0 Å². The van der Waals surface area contributed by atoms with Crippen molar-refractivity contribution in [1.82, 2.24) is 5.32 Å². The van der Waals surface area contributed by atoms with E-state index in [4.69, 9.17) is 9.47 Å². The number of carbonyl (C=O) groups is 1. The van der Waals surface area contributed by atoms with Crippen LogP contribution >= 0.6 is 0 Å². The maximum atomic E-state index is 12.6. The molecule has 5 heteroatoms. The quantitative estimate of drug-likeness (QED) is 0.855. The first-order chi connectivity index (χ1) is 11.7. The second kappa shape index (κ2) is 7.36. The number of benzene rings is 2. The van der Waals surface area contributed by atoms with E-state index in [2.05, 4.69) is 10.6 Å². The summed E-state index contributed by atoms with van der Waals surface area (Å²) in [5.74, 6) is 1.19. The molecule has 0 atom stereocenters. The van der Waals surface area contributed by atoms with Gasteiger partial charge in [-0.15, -0.1) is 0 Å². The van der Waals surface area contributed by atoms with Gasteiger partial charge in [0.05, 0.1) is 18.9 Å². The molecule has 1 amide bonds. The van der Waals surface area contributed by atoms with Crippen LogP contribution in [0.25, 0.3) is 0 Å². The minimum Gasteiger partial charge on any atom is -0.494 e. The fraction of sp³-hybridized carbons (Fsp3) is 0.316. The van der Waals surface area contributed by atoms with E-state index in [1.165, 1.54) is 11.1 Å². The first-order valence-corrected chi connectivity index (χ1v) is 8.24. The summed E-state index contributed by atoms with van der Waals surface area (Å²) < 4.78 is 11.1. The molecule has 0 unspecified atom stereocenters. The number of nitrogens with one attached hydrogen (secondary N) is 2. The summed E-state index contributed by atoms with van der Waals surface area (Å²) in [6.07, 6.45) is 0. The second-order valence-corrected chi connectivity index (χ2v) is 5.57. The normalized spacial score (nSPS) is 12.6. The standard InChI is InChI=1S/C19H22N2O3/c1-3-23-16-7-8-18(24-4-2)17(10-16)21-19(22)13-5-6-14-11-20-12-15(14)9-13/h5-10,20H,3-4,11-12H2,1-2H3,(H,21,22). The van der Waals surface area contributed by atoms with Crippen molar-refractivity contribution in [3.8, 4) is 11.5 Å². The Hall–Kier alpha value is -2.53. The van der Waals surface area contributed by atoms with Crippen LogP contribution in [-0.2, 0) is 13.1 Å². The Morgan fingerprint density at radius 3 is 2.62 bits per heavy atom. The van der Waals surface area contributed by atoms with Crippen LogP contribution in [0.1, 0.15) is 35.3 Å². The molecule has 0 saturated heterocycles. The van der Waals surface area contributed by atoms with E-state index < -0.39 is 0 Å². The number of hydrogen-bond donors (Lipinski definition) is 2. The third-order valence-corrected chi connectivity index (χ3v) is 3.91. The average molecular weight is 326 g/mol. The summed E-state index contributed by atoms with van der Waals surface area (Å²) in [7, 11) is 0. The Kier molecular flexibility index (Phi) is 5.01. The number of rotatable bonds is 6. The minimum absolute atomic E-state index is 0.153. The maximum Gasteiger partial charge on any atom is 0.255 e. The van der Waals surface area contributed by atoms with Crippen LogP contribution in [0.2, 0.25) is 0 Å². The Bertz CT molecular complexity index is 743. The topological polar surface area (TPSA) is 59.6 Å². The first kappa shape index (κ1) is 16.3. The van der Waals surface area contributed by atoms with Gasteiger partial charge < -0.3 is 20.1 Å². The summed E-state index contributed by atoms with van der Waals surface area (Å²) in [5, 5.41) is 6.22. The molecule has 1 aliphatic rings. The summed E-state index contributed by atoms with van der Waals surface area (Å²) in [4.78, 5) is 12.6. The van der Waals surface area contributed by atoms with Crippen molar-refractivity contribution in [2.45, 2.75) is 26.9 Å². The number of fused-ring (bicyclic) bond motifs is 1. The average Bonchev–Trinajstić information content (AvgIpc) is 3.05. The van der Waals surface area contributed by atoms with Crippen molar-refractivity contribution < 1.29 is 14.3 Å². The van der Waals surface area contributed by atoms with E-state index in [0.29, 0.717) is 36.0 Å². The summed E-state index contributed by atoms with van der Waals surface area (Å²) >= 11 is 0. The van der Waals surface area contributed by atoms with Crippen LogP contribution in [0.4, 0.5) is 5.69 Å². The molecule has 1 aliphatic heterocycles. The summed E-state index contributed by atoms with van der Waals surface area (Å²) in [6.45, 7) is 6.60. The Morgan fingerprint density at radius 1 is 1.04 bits per heavy atom.